The van der Waals surface area contributed by atoms with Crippen molar-refractivity contribution < 1.29 is 13.9 Å². The molecule has 2 aromatic rings. The number of hydrogen-bond acceptors (Lipinski definition) is 5. The van der Waals surface area contributed by atoms with E-state index in [9.17, 15) is 9.18 Å². The molecule has 5 nitrogen and oxygen atoms in total. The molecule has 1 aliphatic rings. The number of nitrogens with two attached hydrogens (primary N) is 1. The zero-order valence-corrected chi connectivity index (χ0v) is 14.9. The molecule has 1 atom stereocenters. The lowest BCUT2D eigenvalue weighted by atomic mass is 10.0. The van der Waals surface area contributed by atoms with Gasteiger partial charge < -0.3 is 15.4 Å². The summed E-state index contributed by atoms with van der Waals surface area (Å²) in [7, 11) is 1.68. The maximum absolute atomic E-state index is 13.0. The maximum Gasteiger partial charge on any atom is 0.180 e. The van der Waals surface area contributed by atoms with E-state index >= 15 is 0 Å². The Labute approximate surface area is 153 Å². The van der Waals surface area contributed by atoms with Crippen LogP contribution in [0.4, 0.5) is 10.1 Å². The number of carbonyl (C=O) groups is 1. The molecule has 26 heavy (non-hydrogen) atoms. The molecule has 0 aromatic heterocycles. The zero-order chi connectivity index (χ0) is 18.5. The molecule has 1 fully saturated rings. The Bertz CT molecular complexity index is 743. The number of ether oxygens (including phenoxy) is 1. The highest BCUT2D eigenvalue weighted by molar-refractivity contribution is 6.00. The number of methoxy groups -OCH3 is 1. The average Bonchev–Trinajstić information content (AvgIpc) is 2.68. The van der Waals surface area contributed by atoms with E-state index in [0.717, 1.165) is 37.6 Å². The fourth-order valence-corrected chi connectivity index (χ4v) is 3.25. The van der Waals surface area contributed by atoms with Gasteiger partial charge in [0.25, 0.3) is 0 Å². The minimum Gasteiger partial charge on any atom is -0.495 e. The highest BCUT2D eigenvalue weighted by Crippen LogP contribution is 2.28. The van der Waals surface area contributed by atoms with Crippen molar-refractivity contribution in [3.8, 4) is 5.75 Å². The normalized spacial score (nSPS) is 16.3. The largest absolute Gasteiger partial charge is 0.495 e. The van der Waals surface area contributed by atoms with Crippen LogP contribution >= 0.6 is 0 Å². The molecule has 0 aliphatic carbocycles. The minimum atomic E-state index is -0.613. The van der Waals surface area contributed by atoms with Gasteiger partial charge in [-0.25, -0.2) is 4.39 Å². The number of nitrogens with zero attached hydrogens (tertiary/aromatic N) is 2. The SMILES string of the molecule is COc1ccccc1N1CCN(CC(N)C(=O)c2ccc(F)cc2)CC1. The van der Waals surface area contributed by atoms with Crippen LogP contribution in [0, 0.1) is 5.82 Å². The van der Waals surface area contributed by atoms with Crippen molar-refractivity contribution in [2.24, 2.45) is 5.73 Å². The van der Waals surface area contributed by atoms with Crippen molar-refractivity contribution >= 4 is 11.5 Å². The summed E-state index contributed by atoms with van der Waals surface area (Å²) in [6.45, 7) is 3.83. The second kappa shape index (κ2) is 8.29. The number of halogens is 1. The van der Waals surface area contributed by atoms with Crippen LogP contribution < -0.4 is 15.4 Å². The Hall–Kier alpha value is -2.44. The molecule has 1 heterocycles. The van der Waals surface area contributed by atoms with Crippen LogP contribution in [0.2, 0.25) is 0 Å². The number of benzene rings is 2. The number of ketones is 1. The fraction of sp³-hybridized carbons (Fsp3) is 0.350. The molecule has 2 aromatic carbocycles. The van der Waals surface area contributed by atoms with Crippen LogP contribution in [0.1, 0.15) is 10.4 Å². The van der Waals surface area contributed by atoms with Crippen molar-refractivity contribution in [3.05, 3.63) is 59.9 Å². The van der Waals surface area contributed by atoms with Crippen molar-refractivity contribution in [3.63, 3.8) is 0 Å². The molecule has 0 radical (unpaired) electrons. The van der Waals surface area contributed by atoms with E-state index in [2.05, 4.69) is 15.9 Å². The third-order valence-electron chi connectivity index (χ3n) is 4.72. The van der Waals surface area contributed by atoms with Gasteiger partial charge in [0.1, 0.15) is 11.6 Å². The van der Waals surface area contributed by atoms with Gasteiger partial charge in [-0.3, -0.25) is 9.69 Å². The summed E-state index contributed by atoms with van der Waals surface area (Å²) in [5.41, 5.74) is 7.63. The molecule has 1 aliphatic heterocycles. The quantitative estimate of drug-likeness (QED) is 0.803. The number of para-hydroxylation sites is 2. The smallest absolute Gasteiger partial charge is 0.180 e. The van der Waals surface area contributed by atoms with Crippen molar-refractivity contribution in [1.82, 2.24) is 4.90 Å². The first-order chi connectivity index (χ1) is 12.6. The molecular weight excluding hydrogens is 333 g/mol. The summed E-state index contributed by atoms with van der Waals surface area (Å²) in [4.78, 5) is 16.9. The van der Waals surface area contributed by atoms with Crippen LogP contribution in [0.3, 0.4) is 0 Å². The molecule has 0 saturated carbocycles. The number of piperazine rings is 1. The Balaban J connectivity index is 1.55. The van der Waals surface area contributed by atoms with Crippen LogP contribution in [-0.2, 0) is 0 Å². The summed E-state index contributed by atoms with van der Waals surface area (Å²) >= 11 is 0. The summed E-state index contributed by atoms with van der Waals surface area (Å²) in [6.07, 6.45) is 0. The van der Waals surface area contributed by atoms with Gasteiger partial charge in [0.05, 0.1) is 18.8 Å². The average molecular weight is 357 g/mol. The summed E-state index contributed by atoms with van der Waals surface area (Å²) in [5, 5.41) is 0. The standard InChI is InChI=1S/C20H24FN3O2/c1-26-19-5-3-2-4-18(19)24-12-10-23(11-13-24)14-17(22)20(25)15-6-8-16(21)9-7-15/h2-9,17H,10-14,22H2,1H3. The van der Waals surface area contributed by atoms with Gasteiger partial charge in [-0.2, -0.15) is 0 Å². The van der Waals surface area contributed by atoms with E-state index in [1.165, 1.54) is 24.3 Å². The Kier molecular flexibility index (Phi) is 5.85. The van der Waals surface area contributed by atoms with Gasteiger partial charge in [0.2, 0.25) is 0 Å². The van der Waals surface area contributed by atoms with Crippen LogP contribution in [-0.4, -0.2) is 56.6 Å². The number of hydrogen-bond donors (Lipinski definition) is 1. The lowest BCUT2D eigenvalue weighted by Gasteiger charge is -2.37. The monoisotopic (exact) mass is 357 g/mol. The lowest BCUT2D eigenvalue weighted by Crippen LogP contribution is -2.51. The lowest BCUT2D eigenvalue weighted by molar-refractivity contribution is 0.0934. The van der Waals surface area contributed by atoms with Gasteiger partial charge >= 0.3 is 0 Å². The van der Waals surface area contributed by atoms with Gasteiger partial charge in [-0.05, 0) is 36.4 Å². The molecule has 2 N–H and O–H groups in total. The first-order valence-corrected chi connectivity index (χ1v) is 8.74. The Morgan fingerprint density at radius 2 is 1.77 bits per heavy atom. The molecule has 1 unspecified atom stereocenters. The molecule has 0 bridgehead atoms. The predicted octanol–water partition coefficient (Wildman–Crippen LogP) is 2.17. The Morgan fingerprint density at radius 3 is 2.42 bits per heavy atom. The maximum atomic E-state index is 13.0. The Morgan fingerprint density at radius 1 is 1.12 bits per heavy atom. The highest BCUT2D eigenvalue weighted by atomic mass is 19.1. The van der Waals surface area contributed by atoms with Crippen LogP contribution in [0.15, 0.2) is 48.5 Å². The number of rotatable bonds is 6. The molecule has 1 saturated heterocycles. The first kappa shape index (κ1) is 18.4. The summed E-state index contributed by atoms with van der Waals surface area (Å²) < 4.78 is 18.4. The van der Waals surface area contributed by atoms with Crippen LogP contribution in [0.25, 0.3) is 0 Å². The molecule has 3 rings (SSSR count). The van der Waals surface area contributed by atoms with Gasteiger partial charge in [-0.15, -0.1) is 0 Å². The summed E-state index contributed by atoms with van der Waals surface area (Å²) in [6, 6.07) is 12.9. The topological polar surface area (TPSA) is 58.8 Å². The van der Waals surface area contributed by atoms with E-state index in [1.54, 1.807) is 7.11 Å². The zero-order valence-electron chi connectivity index (χ0n) is 14.9. The molecule has 138 valence electrons. The predicted molar refractivity (Wildman–Crippen MR) is 100 cm³/mol. The second-order valence-electron chi connectivity index (χ2n) is 6.44. The van der Waals surface area contributed by atoms with Crippen molar-refractivity contribution in [2.45, 2.75) is 6.04 Å². The molecule has 0 amide bonds. The second-order valence-corrected chi connectivity index (χ2v) is 6.44. The number of anilines is 1. The molecule has 6 heteroatoms. The van der Waals surface area contributed by atoms with E-state index in [1.807, 2.05) is 18.2 Å². The van der Waals surface area contributed by atoms with Crippen molar-refractivity contribution in [2.75, 3.05) is 44.7 Å². The summed E-state index contributed by atoms with van der Waals surface area (Å²) in [5.74, 6) is 0.351. The van der Waals surface area contributed by atoms with Crippen molar-refractivity contribution in [1.29, 1.82) is 0 Å². The van der Waals surface area contributed by atoms with E-state index in [-0.39, 0.29) is 11.6 Å². The fourth-order valence-electron chi connectivity index (χ4n) is 3.25. The third kappa shape index (κ3) is 4.20. The first-order valence-electron chi connectivity index (χ1n) is 8.74. The minimum absolute atomic E-state index is 0.155. The van der Waals surface area contributed by atoms with Gasteiger partial charge in [0, 0.05) is 38.3 Å². The molecular formula is C20H24FN3O2. The molecule has 0 spiro atoms. The van der Waals surface area contributed by atoms with Crippen LogP contribution in [0.5, 0.6) is 5.75 Å². The number of carbonyl (C=O) groups excluding carboxylic acids is 1. The van der Waals surface area contributed by atoms with E-state index < -0.39 is 6.04 Å². The highest BCUT2D eigenvalue weighted by Gasteiger charge is 2.23. The van der Waals surface area contributed by atoms with E-state index in [0.29, 0.717) is 12.1 Å². The van der Waals surface area contributed by atoms with Gasteiger partial charge in [-0.1, -0.05) is 12.1 Å². The number of Topliss-reactive ketones (excluding diaryl/α,β-unsaturated/α-hetero) is 1. The van der Waals surface area contributed by atoms with Gasteiger partial charge in [0.15, 0.2) is 5.78 Å². The van der Waals surface area contributed by atoms with E-state index in [4.69, 9.17) is 10.5 Å². The third-order valence-corrected chi connectivity index (χ3v) is 4.72.